The highest BCUT2D eigenvalue weighted by Crippen LogP contribution is 2.28. The first-order valence-corrected chi connectivity index (χ1v) is 13.4. The number of allylic oxidation sites excluding steroid dienone is 3. The highest BCUT2D eigenvalue weighted by atomic mass is 35.5. The number of rotatable bonds is 4. The normalized spacial score (nSPS) is 16.8. The SMILES string of the molecule is C.O=C(NNC1=NN=C(Cl)C2C=CC=CC12)c1cc(CO)on1.OCc1cc(-c2nnc3c4ccccc4c(Cl)nn23)no1. The van der Waals surface area contributed by atoms with Crippen LogP contribution in [0.25, 0.3) is 27.9 Å². The molecule has 2 unspecified atom stereocenters. The summed E-state index contributed by atoms with van der Waals surface area (Å²) >= 11 is 12.2. The summed E-state index contributed by atoms with van der Waals surface area (Å²) in [6.07, 6.45) is 7.59. The fourth-order valence-electron chi connectivity index (χ4n) is 4.31. The van der Waals surface area contributed by atoms with Crippen molar-refractivity contribution in [3.8, 4) is 11.5 Å². The second-order valence-corrected chi connectivity index (χ2v) is 9.82. The van der Waals surface area contributed by atoms with Crippen molar-refractivity contribution in [2.45, 2.75) is 20.6 Å². The van der Waals surface area contributed by atoms with Gasteiger partial charge in [-0.25, -0.2) is 0 Å². The quantitative estimate of drug-likeness (QED) is 0.210. The maximum absolute atomic E-state index is 11.9. The van der Waals surface area contributed by atoms with Crippen LogP contribution in [0, 0.1) is 11.8 Å². The number of carbonyl (C=O) groups excluding carboxylic acids is 1. The number of aliphatic hydroxyl groups is 2. The number of amidine groups is 1. The molecule has 1 aliphatic carbocycles. The third-order valence-electron chi connectivity index (χ3n) is 6.39. The Morgan fingerprint density at radius 1 is 0.932 bits per heavy atom. The molecule has 2 atom stereocenters. The van der Waals surface area contributed by atoms with Gasteiger partial charge in [0.25, 0.3) is 5.91 Å². The minimum Gasteiger partial charge on any atom is -0.388 e. The predicted octanol–water partition coefficient (Wildman–Crippen LogP) is 3.44. The maximum Gasteiger partial charge on any atom is 0.291 e. The Bertz CT molecular complexity index is 1940. The molecular weight excluding hydrogens is 615 g/mol. The largest absolute Gasteiger partial charge is 0.388 e. The third-order valence-corrected chi connectivity index (χ3v) is 7.00. The molecule has 5 aromatic rings. The standard InChI is InChI=1S/C13H12ClN5O3.C13H8ClN5O2.CH4/c14-11-8-3-1-2-4-9(8)12(16-15-11)17-18-13(21)10-5-7(6-20)22-19-10;14-11-8-3-1-2-4-9(8)12-15-16-13(19(12)17-11)10-5-7(6-20)21-18-10;/h1-5,8-9,20H,6H2,(H,16,17)(H,18,21);1-5,20H,6H2;1H4. The molecule has 0 spiro atoms. The first kappa shape index (κ1) is 30.5. The summed E-state index contributed by atoms with van der Waals surface area (Å²) < 4.78 is 11.2. The van der Waals surface area contributed by atoms with Gasteiger partial charge in [0.2, 0.25) is 5.82 Å². The number of nitrogens with zero attached hydrogens (tertiary/aromatic N) is 8. The van der Waals surface area contributed by atoms with E-state index in [1.54, 1.807) is 6.07 Å². The van der Waals surface area contributed by atoms with Gasteiger partial charge in [-0.2, -0.15) is 9.61 Å². The summed E-state index contributed by atoms with van der Waals surface area (Å²) in [5.74, 6) is 0.678. The lowest BCUT2D eigenvalue weighted by atomic mass is 9.87. The molecule has 0 saturated heterocycles. The van der Waals surface area contributed by atoms with Gasteiger partial charge in [-0.1, -0.05) is 89.5 Å². The summed E-state index contributed by atoms with van der Waals surface area (Å²) in [4.78, 5) is 11.9. The highest BCUT2D eigenvalue weighted by Gasteiger charge is 2.31. The molecule has 0 fully saturated rings. The smallest absolute Gasteiger partial charge is 0.291 e. The first-order chi connectivity index (χ1) is 21.0. The van der Waals surface area contributed by atoms with E-state index >= 15 is 0 Å². The molecule has 1 amide bonds. The van der Waals surface area contributed by atoms with Gasteiger partial charge >= 0.3 is 0 Å². The zero-order chi connectivity index (χ0) is 29.9. The lowest BCUT2D eigenvalue weighted by Gasteiger charge is -2.26. The van der Waals surface area contributed by atoms with Gasteiger partial charge in [-0.05, 0) is 0 Å². The van der Waals surface area contributed by atoms with Crippen molar-refractivity contribution in [3.63, 3.8) is 0 Å². The van der Waals surface area contributed by atoms with E-state index in [1.807, 2.05) is 48.6 Å². The minimum atomic E-state index is -0.515. The molecular formula is C27H24Cl2N10O5. The number of amides is 1. The van der Waals surface area contributed by atoms with Gasteiger partial charge < -0.3 is 19.3 Å². The van der Waals surface area contributed by atoms with Crippen LogP contribution in [0.5, 0.6) is 0 Å². The Morgan fingerprint density at radius 3 is 2.36 bits per heavy atom. The summed E-state index contributed by atoms with van der Waals surface area (Å²) in [6, 6.07) is 10.5. The Morgan fingerprint density at radius 2 is 1.64 bits per heavy atom. The van der Waals surface area contributed by atoms with Crippen molar-refractivity contribution in [2.75, 3.05) is 0 Å². The molecule has 226 valence electrons. The molecule has 7 rings (SSSR count). The topological polar surface area (TPSA) is 201 Å². The molecule has 4 aromatic heterocycles. The van der Waals surface area contributed by atoms with Crippen LogP contribution in [0.4, 0.5) is 0 Å². The van der Waals surface area contributed by atoms with Crippen LogP contribution >= 0.6 is 23.2 Å². The van der Waals surface area contributed by atoms with Crippen LogP contribution in [0.1, 0.15) is 29.4 Å². The van der Waals surface area contributed by atoms with Crippen molar-refractivity contribution in [1.82, 2.24) is 41.0 Å². The summed E-state index contributed by atoms with van der Waals surface area (Å²) in [7, 11) is 0. The number of aliphatic hydroxyl groups excluding tert-OH is 2. The maximum atomic E-state index is 11.9. The fraction of sp³-hybridized carbons (Fsp3) is 0.185. The number of halogens is 2. The summed E-state index contributed by atoms with van der Waals surface area (Å²) in [5.41, 5.74) is 6.25. The molecule has 0 radical (unpaired) electrons. The molecule has 17 heteroatoms. The molecule has 1 aliphatic heterocycles. The molecule has 5 heterocycles. The van der Waals surface area contributed by atoms with E-state index in [9.17, 15) is 4.79 Å². The predicted molar refractivity (Wildman–Crippen MR) is 160 cm³/mol. The molecule has 0 saturated carbocycles. The van der Waals surface area contributed by atoms with E-state index in [4.69, 9.17) is 42.5 Å². The zero-order valence-corrected chi connectivity index (χ0v) is 23.3. The molecule has 44 heavy (non-hydrogen) atoms. The number of benzene rings is 1. The molecule has 0 bridgehead atoms. The number of hydrazine groups is 1. The number of fused-ring (bicyclic) bond motifs is 4. The van der Waals surface area contributed by atoms with Crippen LogP contribution in [-0.2, 0) is 13.2 Å². The fourth-order valence-corrected chi connectivity index (χ4v) is 4.80. The van der Waals surface area contributed by atoms with Crippen LogP contribution in [0.2, 0.25) is 5.15 Å². The second-order valence-electron chi connectivity index (χ2n) is 9.08. The number of carbonyl (C=O) groups is 1. The molecule has 1 aromatic carbocycles. The van der Waals surface area contributed by atoms with Gasteiger partial charge in [-0.3, -0.25) is 15.6 Å². The number of hydrogen-bond donors (Lipinski definition) is 4. The van der Waals surface area contributed by atoms with Gasteiger partial charge in [0.15, 0.2) is 39.5 Å². The Kier molecular flexibility index (Phi) is 9.10. The van der Waals surface area contributed by atoms with E-state index in [1.165, 1.54) is 10.6 Å². The van der Waals surface area contributed by atoms with Crippen LogP contribution in [0.3, 0.4) is 0 Å². The van der Waals surface area contributed by atoms with Crippen molar-refractivity contribution in [2.24, 2.45) is 22.0 Å². The van der Waals surface area contributed by atoms with E-state index in [0.717, 1.165) is 10.8 Å². The Hall–Kier alpha value is -4.96. The summed E-state index contributed by atoms with van der Waals surface area (Å²) in [6.45, 7) is -0.560. The lowest BCUT2D eigenvalue weighted by molar-refractivity contribution is 0.0933. The van der Waals surface area contributed by atoms with Gasteiger partial charge in [-0.15, -0.1) is 20.4 Å². The average molecular weight is 639 g/mol. The van der Waals surface area contributed by atoms with E-state index < -0.39 is 5.91 Å². The summed E-state index contributed by atoms with van der Waals surface area (Å²) in [5, 5.41) is 48.1. The van der Waals surface area contributed by atoms with E-state index in [0.29, 0.717) is 39.1 Å². The number of nitrogens with one attached hydrogen (secondary N) is 2. The Balaban J connectivity index is 0.000000171. The third kappa shape index (κ3) is 5.93. The van der Waals surface area contributed by atoms with Crippen LogP contribution in [0.15, 0.2) is 80.0 Å². The average Bonchev–Trinajstić information content (AvgIpc) is 3.81. The number of aromatic nitrogens is 6. The molecule has 15 nitrogen and oxygen atoms in total. The van der Waals surface area contributed by atoms with Gasteiger partial charge in [0.05, 0.1) is 5.92 Å². The van der Waals surface area contributed by atoms with Crippen LogP contribution < -0.4 is 10.9 Å². The lowest BCUT2D eigenvalue weighted by Crippen LogP contribution is -2.47. The highest BCUT2D eigenvalue weighted by molar-refractivity contribution is 6.66. The van der Waals surface area contributed by atoms with Gasteiger partial charge in [0, 0.05) is 28.8 Å². The van der Waals surface area contributed by atoms with Crippen molar-refractivity contribution < 1.29 is 24.1 Å². The van der Waals surface area contributed by atoms with E-state index in [2.05, 4.69) is 46.7 Å². The molecule has 2 aliphatic rings. The number of hydrogen-bond acceptors (Lipinski definition) is 13. The van der Waals surface area contributed by atoms with Gasteiger partial charge in [0.1, 0.15) is 18.4 Å². The second kappa shape index (κ2) is 13.1. The van der Waals surface area contributed by atoms with Crippen LogP contribution in [-0.4, -0.2) is 57.3 Å². The van der Waals surface area contributed by atoms with Crippen molar-refractivity contribution >= 4 is 56.5 Å². The molecule has 4 N–H and O–H groups in total. The van der Waals surface area contributed by atoms with Crippen molar-refractivity contribution in [1.29, 1.82) is 0 Å². The Labute approximate surface area is 258 Å². The minimum absolute atomic E-state index is 0. The zero-order valence-electron chi connectivity index (χ0n) is 21.8. The first-order valence-electron chi connectivity index (χ1n) is 12.6. The monoisotopic (exact) mass is 638 g/mol. The van der Waals surface area contributed by atoms with E-state index in [-0.39, 0.29) is 43.9 Å². The van der Waals surface area contributed by atoms with Crippen molar-refractivity contribution in [3.05, 3.63) is 83.1 Å².